The van der Waals surface area contributed by atoms with Crippen molar-refractivity contribution >= 4 is 0 Å². The molecule has 0 radical (unpaired) electrons. The second-order valence-electron chi connectivity index (χ2n) is 3.72. The standard InChI is InChI=1S/C13H15NO/c1-11(12-6-3-2-4-7-12)14-10-13-8-5-9-15-13/h2-9,11,14H,10H2,1H3/p+1/t11-/m1/s1. The number of quaternary nitrogens is 1. The summed E-state index contributed by atoms with van der Waals surface area (Å²) in [7, 11) is 0. The van der Waals surface area contributed by atoms with Crippen LogP contribution in [0.5, 0.6) is 0 Å². The quantitative estimate of drug-likeness (QED) is 0.808. The van der Waals surface area contributed by atoms with Crippen LogP contribution >= 0.6 is 0 Å². The van der Waals surface area contributed by atoms with Crippen LogP contribution in [0.1, 0.15) is 24.3 Å². The Morgan fingerprint density at radius 2 is 1.93 bits per heavy atom. The molecule has 2 aromatic rings. The molecule has 2 N–H and O–H groups in total. The molecule has 1 aromatic carbocycles. The SMILES string of the molecule is C[C@@H]([NH2+]Cc1ccco1)c1ccccc1. The molecule has 2 nitrogen and oxygen atoms in total. The smallest absolute Gasteiger partial charge is 0.157 e. The van der Waals surface area contributed by atoms with Gasteiger partial charge in [0.25, 0.3) is 0 Å². The molecule has 0 aliphatic carbocycles. The van der Waals surface area contributed by atoms with Crippen LogP contribution in [0.2, 0.25) is 0 Å². The Bertz CT molecular complexity index is 380. The van der Waals surface area contributed by atoms with Gasteiger partial charge in [-0.25, -0.2) is 0 Å². The van der Waals surface area contributed by atoms with E-state index in [-0.39, 0.29) is 0 Å². The van der Waals surface area contributed by atoms with Gasteiger partial charge in [-0.15, -0.1) is 0 Å². The molecular formula is C13H16NO+. The predicted octanol–water partition coefficient (Wildman–Crippen LogP) is 2.10. The maximum Gasteiger partial charge on any atom is 0.157 e. The minimum absolute atomic E-state index is 0.469. The second kappa shape index (κ2) is 4.80. The van der Waals surface area contributed by atoms with E-state index in [1.807, 2.05) is 18.2 Å². The topological polar surface area (TPSA) is 29.8 Å². The Kier molecular flexibility index (Phi) is 3.20. The van der Waals surface area contributed by atoms with Crippen LogP contribution in [-0.4, -0.2) is 0 Å². The van der Waals surface area contributed by atoms with Crippen molar-refractivity contribution in [3.05, 3.63) is 60.1 Å². The molecular weight excluding hydrogens is 186 g/mol. The molecule has 0 bridgehead atoms. The Morgan fingerprint density at radius 3 is 2.60 bits per heavy atom. The van der Waals surface area contributed by atoms with Gasteiger partial charge in [-0.05, 0) is 19.1 Å². The van der Waals surface area contributed by atoms with Crippen LogP contribution in [0, 0.1) is 0 Å². The molecule has 0 spiro atoms. The highest BCUT2D eigenvalue weighted by molar-refractivity contribution is 5.16. The van der Waals surface area contributed by atoms with Crippen LogP contribution in [0.25, 0.3) is 0 Å². The average molecular weight is 202 g/mol. The van der Waals surface area contributed by atoms with E-state index >= 15 is 0 Å². The molecule has 1 heterocycles. The Morgan fingerprint density at radius 1 is 1.13 bits per heavy atom. The van der Waals surface area contributed by atoms with Crippen LogP contribution in [0.15, 0.2) is 53.1 Å². The maximum atomic E-state index is 5.29. The molecule has 1 aromatic heterocycles. The van der Waals surface area contributed by atoms with E-state index in [1.54, 1.807) is 6.26 Å². The number of hydrogen-bond acceptors (Lipinski definition) is 1. The highest BCUT2D eigenvalue weighted by Crippen LogP contribution is 2.07. The van der Waals surface area contributed by atoms with E-state index in [1.165, 1.54) is 5.56 Å². The van der Waals surface area contributed by atoms with Gasteiger partial charge >= 0.3 is 0 Å². The third-order valence-corrected chi connectivity index (χ3v) is 2.58. The van der Waals surface area contributed by atoms with E-state index in [0.717, 1.165) is 12.3 Å². The summed E-state index contributed by atoms with van der Waals surface area (Å²) in [6.07, 6.45) is 1.72. The van der Waals surface area contributed by atoms with E-state index < -0.39 is 0 Å². The van der Waals surface area contributed by atoms with Gasteiger partial charge in [0.1, 0.15) is 12.6 Å². The van der Waals surface area contributed by atoms with Gasteiger partial charge in [-0.2, -0.15) is 0 Å². The molecule has 78 valence electrons. The molecule has 0 saturated heterocycles. The summed E-state index contributed by atoms with van der Waals surface area (Å²) in [6.45, 7) is 3.10. The molecule has 1 atom stereocenters. The summed E-state index contributed by atoms with van der Waals surface area (Å²) in [4.78, 5) is 0. The third kappa shape index (κ3) is 2.70. The van der Waals surface area contributed by atoms with Crippen LogP contribution in [0.4, 0.5) is 0 Å². The molecule has 0 fully saturated rings. The fraction of sp³-hybridized carbons (Fsp3) is 0.231. The fourth-order valence-electron chi connectivity index (χ4n) is 1.61. The Hall–Kier alpha value is -1.54. The second-order valence-corrected chi connectivity index (χ2v) is 3.72. The molecule has 0 aliphatic heterocycles. The van der Waals surface area contributed by atoms with Gasteiger partial charge in [0.15, 0.2) is 5.76 Å². The van der Waals surface area contributed by atoms with Crippen molar-refractivity contribution in [2.45, 2.75) is 19.5 Å². The largest absolute Gasteiger partial charge is 0.463 e. The van der Waals surface area contributed by atoms with Crippen molar-refractivity contribution in [3.8, 4) is 0 Å². The average Bonchev–Trinajstić information content (AvgIpc) is 2.80. The summed E-state index contributed by atoms with van der Waals surface area (Å²) in [6, 6.07) is 14.9. The van der Waals surface area contributed by atoms with Crippen molar-refractivity contribution in [1.29, 1.82) is 0 Å². The molecule has 0 unspecified atom stereocenters. The first-order chi connectivity index (χ1) is 7.36. The number of nitrogens with two attached hydrogens (primary N) is 1. The first-order valence-corrected chi connectivity index (χ1v) is 5.27. The van der Waals surface area contributed by atoms with E-state index in [0.29, 0.717) is 6.04 Å². The van der Waals surface area contributed by atoms with Crippen molar-refractivity contribution in [3.63, 3.8) is 0 Å². The Balaban J connectivity index is 1.90. The van der Waals surface area contributed by atoms with Crippen molar-refractivity contribution in [2.24, 2.45) is 0 Å². The zero-order valence-electron chi connectivity index (χ0n) is 8.89. The Labute approximate surface area is 89.9 Å². The summed E-state index contributed by atoms with van der Waals surface area (Å²) >= 11 is 0. The van der Waals surface area contributed by atoms with E-state index in [9.17, 15) is 0 Å². The lowest BCUT2D eigenvalue weighted by molar-refractivity contribution is -0.709. The highest BCUT2D eigenvalue weighted by Gasteiger charge is 2.08. The number of rotatable bonds is 4. The normalized spacial score (nSPS) is 12.6. The van der Waals surface area contributed by atoms with E-state index in [2.05, 4.69) is 36.5 Å². The van der Waals surface area contributed by atoms with Crippen LogP contribution in [0.3, 0.4) is 0 Å². The van der Waals surface area contributed by atoms with Crippen LogP contribution in [-0.2, 0) is 6.54 Å². The van der Waals surface area contributed by atoms with Gasteiger partial charge in [-0.3, -0.25) is 0 Å². The summed E-state index contributed by atoms with van der Waals surface area (Å²) in [5, 5.41) is 2.27. The fourth-order valence-corrected chi connectivity index (χ4v) is 1.61. The first-order valence-electron chi connectivity index (χ1n) is 5.27. The first kappa shape index (κ1) is 9.99. The van der Waals surface area contributed by atoms with Crippen molar-refractivity contribution < 1.29 is 9.73 Å². The predicted molar refractivity (Wildman–Crippen MR) is 59.2 cm³/mol. The zero-order chi connectivity index (χ0) is 10.5. The molecule has 0 amide bonds. The molecule has 0 aliphatic rings. The lowest BCUT2D eigenvalue weighted by Crippen LogP contribution is -2.82. The monoisotopic (exact) mass is 202 g/mol. The van der Waals surface area contributed by atoms with Crippen molar-refractivity contribution in [2.75, 3.05) is 0 Å². The lowest BCUT2D eigenvalue weighted by Gasteiger charge is -2.09. The van der Waals surface area contributed by atoms with Gasteiger partial charge in [0.2, 0.25) is 0 Å². The minimum Gasteiger partial charge on any atom is -0.463 e. The minimum atomic E-state index is 0.469. The molecule has 0 saturated carbocycles. The summed E-state index contributed by atoms with van der Waals surface area (Å²) in [5.41, 5.74) is 1.35. The third-order valence-electron chi connectivity index (χ3n) is 2.58. The number of benzene rings is 1. The molecule has 15 heavy (non-hydrogen) atoms. The number of hydrogen-bond donors (Lipinski definition) is 1. The zero-order valence-corrected chi connectivity index (χ0v) is 8.89. The summed E-state index contributed by atoms with van der Waals surface area (Å²) < 4.78 is 5.29. The van der Waals surface area contributed by atoms with Gasteiger partial charge < -0.3 is 9.73 Å². The molecule has 2 rings (SSSR count). The van der Waals surface area contributed by atoms with Gasteiger partial charge in [-0.1, -0.05) is 30.3 Å². The lowest BCUT2D eigenvalue weighted by atomic mass is 10.1. The van der Waals surface area contributed by atoms with Crippen LogP contribution < -0.4 is 5.32 Å². The van der Waals surface area contributed by atoms with E-state index in [4.69, 9.17) is 4.42 Å². The van der Waals surface area contributed by atoms with Gasteiger partial charge in [0, 0.05) is 5.56 Å². The highest BCUT2D eigenvalue weighted by atomic mass is 16.3. The van der Waals surface area contributed by atoms with Crippen molar-refractivity contribution in [1.82, 2.24) is 0 Å². The maximum absolute atomic E-state index is 5.29. The van der Waals surface area contributed by atoms with Gasteiger partial charge in [0.05, 0.1) is 6.26 Å². The number of furan rings is 1. The molecule has 2 heteroatoms. The summed E-state index contributed by atoms with van der Waals surface area (Å²) in [5.74, 6) is 1.03.